The van der Waals surface area contributed by atoms with Gasteiger partial charge in [0.05, 0.1) is 11.3 Å². The average molecular weight is 390 g/mol. The maximum atomic E-state index is 12.9. The predicted octanol–water partition coefficient (Wildman–Crippen LogP) is 6.55. The fraction of sp³-hybridized carbons (Fsp3) is 0.167. The highest BCUT2D eigenvalue weighted by Crippen LogP contribution is 2.32. The van der Waals surface area contributed by atoms with Crippen LogP contribution in [0.5, 0.6) is 5.75 Å². The van der Waals surface area contributed by atoms with Crippen molar-refractivity contribution in [2.45, 2.75) is 30.4 Å². The van der Waals surface area contributed by atoms with Crippen LogP contribution < -0.4 is 4.74 Å². The summed E-state index contributed by atoms with van der Waals surface area (Å²) in [4.78, 5) is 18.3. The first-order chi connectivity index (χ1) is 13.7. The summed E-state index contributed by atoms with van der Waals surface area (Å²) in [6.45, 7) is 4.29. The van der Waals surface area contributed by atoms with E-state index in [0.29, 0.717) is 16.6 Å². The van der Waals surface area contributed by atoms with Crippen LogP contribution in [0.1, 0.15) is 36.2 Å². The monoisotopic (exact) mass is 389 g/mol. The van der Waals surface area contributed by atoms with Gasteiger partial charge in [-0.25, -0.2) is 4.79 Å². The molecule has 0 radical (unpaired) electrons. The van der Waals surface area contributed by atoms with Crippen LogP contribution in [0.25, 0.3) is 0 Å². The molecular weight excluding hydrogens is 366 g/mol. The van der Waals surface area contributed by atoms with Gasteiger partial charge in [-0.15, -0.1) is 11.8 Å². The molecule has 142 valence electrons. The van der Waals surface area contributed by atoms with Crippen LogP contribution in [0, 0.1) is 0 Å². The first-order valence-electron chi connectivity index (χ1n) is 9.33. The Morgan fingerprint density at radius 2 is 1.68 bits per heavy atom. The van der Waals surface area contributed by atoms with E-state index in [1.54, 1.807) is 23.9 Å². The van der Waals surface area contributed by atoms with Crippen molar-refractivity contribution in [3.05, 3.63) is 90.0 Å². The summed E-state index contributed by atoms with van der Waals surface area (Å²) in [6, 6.07) is 24.6. The zero-order valence-corrected chi connectivity index (χ0v) is 16.9. The van der Waals surface area contributed by atoms with E-state index in [4.69, 9.17) is 4.74 Å². The minimum absolute atomic E-state index is 0.355. The Bertz CT molecular complexity index is 939. The molecule has 0 aromatic heterocycles. The Hall–Kier alpha value is -2.85. The zero-order chi connectivity index (χ0) is 19.8. The van der Waals surface area contributed by atoms with Gasteiger partial charge < -0.3 is 4.74 Å². The number of thioether (sulfide) groups is 1. The number of hydrogen-bond acceptors (Lipinski definition) is 4. The number of carbonyl (C=O) groups is 1. The molecule has 0 fully saturated rings. The van der Waals surface area contributed by atoms with Crippen LogP contribution in [-0.2, 0) is 0 Å². The molecule has 1 unspecified atom stereocenters. The second-order valence-corrected chi connectivity index (χ2v) is 7.81. The number of rotatable bonds is 7. The van der Waals surface area contributed by atoms with Crippen LogP contribution >= 0.6 is 11.8 Å². The van der Waals surface area contributed by atoms with Crippen molar-refractivity contribution in [2.24, 2.45) is 4.99 Å². The third-order valence-corrected chi connectivity index (χ3v) is 5.65. The van der Waals surface area contributed by atoms with Gasteiger partial charge in [0.25, 0.3) is 0 Å². The molecule has 0 spiro atoms. The molecule has 0 amide bonds. The molecule has 0 N–H and O–H groups in total. The maximum absolute atomic E-state index is 12.9. The van der Waals surface area contributed by atoms with E-state index in [2.05, 4.69) is 18.8 Å². The molecule has 3 rings (SSSR count). The van der Waals surface area contributed by atoms with Crippen molar-refractivity contribution in [2.75, 3.05) is 0 Å². The molecule has 3 aromatic rings. The lowest BCUT2D eigenvalue weighted by Crippen LogP contribution is -2.12. The largest absolute Gasteiger partial charge is 0.423 e. The second kappa shape index (κ2) is 9.90. The van der Waals surface area contributed by atoms with Gasteiger partial charge in [-0.3, -0.25) is 4.99 Å². The van der Waals surface area contributed by atoms with Crippen LogP contribution in [-0.4, -0.2) is 17.4 Å². The number of hydrogen-bond donors (Lipinski definition) is 0. The third kappa shape index (κ3) is 5.33. The van der Waals surface area contributed by atoms with Gasteiger partial charge >= 0.3 is 5.97 Å². The number of para-hydroxylation sites is 2. The van der Waals surface area contributed by atoms with E-state index >= 15 is 0 Å². The highest BCUT2D eigenvalue weighted by atomic mass is 32.2. The lowest BCUT2D eigenvalue weighted by molar-refractivity contribution is 0.0731. The van der Waals surface area contributed by atoms with Crippen molar-refractivity contribution in [1.82, 2.24) is 0 Å². The normalized spacial score (nSPS) is 12.1. The summed E-state index contributed by atoms with van der Waals surface area (Å²) in [5.41, 5.74) is 2.35. The molecule has 0 bridgehead atoms. The van der Waals surface area contributed by atoms with Crippen molar-refractivity contribution in [3.8, 4) is 5.75 Å². The quantitative estimate of drug-likeness (QED) is 0.199. The van der Waals surface area contributed by atoms with Crippen LogP contribution in [0.4, 0.5) is 5.69 Å². The summed E-state index contributed by atoms with van der Waals surface area (Å²) in [7, 11) is 0. The minimum atomic E-state index is -0.355. The van der Waals surface area contributed by atoms with E-state index in [9.17, 15) is 4.79 Å². The predicted molar refractivity (Wildman–Crippen MR) is 117 cm³/mol. The smallest absolute Gasteiger partial charge is 0.344 e. The van der Waals surface area contributed by atoms with Crippen molar-refractivity contribution in [1.29, 1.82) is 0 Å². The topological polar surface area (TPSA) is 38.7 Å². The molecule has 0 aliphatic carbocycles. The zero-order valence-electron chi connectivity index (χ0n) is 16.0. The Morgan fingerprint density at radius 3 is 2.36 bits per heavy atom. The minimum Gasteiger partial charge on any atom is -0.423 e. The highest BCUT2D eigenvalue weighted by Gasteiger charge is 2.18. The summed E-state index contributed by atoms with van der Waals surface area (Å²) in [6.07, 6.45) is 2.82. The Labute approximate surface area is 170 Å². The number of benzene rings is 3. The maximum Gasteiger partial charge on any atom is 0.344 e. The molecule has 0 aliphatic heterocycles. The molecule has 0 aliphatic rings. The lowest BCUT2D eigenvalue weighted by atomic mass is 10.1. The molecule has 3 nitrogen and oxygen atoms in total. The van der Waals surface area contributed by atoms with Crippen LogP contribution in [0.3, 0.4) is 0 Å². The highest BCUT2D eigenvalue weighted by molar-refractivity contribution is 8.00. The summed E-state index contributed by atoms with van der Waals surface area (Å²) < 4.78 is 5.58. The number of nitrogens with zero attached hydrogens (tertiary/aromatic N) is 1. The molecule has 0 heterocycles. The number of ether oxygens (including phenoxy) is 1. The number of aliphatic imine (C=N–C) groups is 1. The van der Waals surface area contributed by atoms with E-state index in [-0.39, 0.29) is 5.97 Å². The Morgan fingerprint density at radius 1 is 1.00 bits per heavy atom. The molecule has 28 heavy (non-hydrogen) atoms. The number of esters is 1. The van der Waals surface area contributed by atoms with E-state index in [1.807, 2.05) is 72.9 Å². The van der Waals surface area contributed by atoms with Gasteiger partial charge in [-0.05, 0) is 36.8 Å². The van der Waals surface area contributed by atoms with E-state index in [0.717, 1.165) is 22.6 Å². The summed E-state index contributed by atoms with van der Waals surface area (Å²) in [5, 5.41) is 0.370. The Kier molecular flexibility index (Phi) is 7.04. The second-order valence-electron chi connectivity index (χ2n) is 6.36. The first-order valence-corrected chi connectivity index (χ1v) is 10.2. The fourth-order valence-corrected chi connectivity index (χ4v) is 3.65. The Balaban J connectivity index is 1.94. The molecule has 3 aromatic carbocycles. The van der Waals surface area contributed by atoms with Crippen molar-refractivity contribution in [3.63, 3.8) is 0 Å². The van der Waals surface area contributed by atoms with Gasteiger partial charge in [0.15, 0.2) is 0 Å². The first kappa shape index (κ1) is 19.9. The standard InChI is InChI=1S/C24H23NO2S/c1-3-18(2)28-23-19(17-25-20-12-6-4-7-13-20)11-10-16-22(23)24(26)27-21-14-8-5-9-15-21/h4-18H,3H2,1-2H3. The van der Waals surface area contributed by atoms with Gasteiger partial charge in [-0.2, -0.15) is 0 Å². The molecule has 4 heteroatoms. The fourth-order valence-electron chi connectivity index (χ4n) is 2.54. The number of carbonyl (C=O) groups excluding carboxylic acids is 1. The van der Waals surface area contributed by atoms with E-state index < -0.39 is 0 Å². The molecular formula is C24H23NO2S. The lowest BCUT2D eigenvalue weighted by Gasteiger charge is -2.15. The SMILES string of the molecule is CCC(C)Sc1c(C=Nc2ccccc2)cccc1C(=O)Oc1ccccc1. The molecule has 0 saturated carbocycles. The van der Waals surface area contributed by atoms with Crippen molar-refractivity contribution < 1.29 is 9.53 Å². The summed E-state index contributed by atoms with van der Waals surface area (Å²) >= 11 is 1.68. The molecule has 0 saturated heterocycles. The van der Waals surface area contributed by atoms with E-state index in [1.165, 1.54) is 0 Å². The van der Waals surface area contributed by atoms with Crippen molar-refractivity contribution >= 4 is 29.6 Å². The van der Waals surface area contributed by atoms with Gasteiger partial charge in [0.2, 0.25) is 0 Å². The van der Waals surface area contributed by atoms with Crippen LogP contribution in [0.2, 0.25) is 0 Å². The van der Waals surface area contributed by atoms with Crippen LogP contribution in [0.15, 0.2) is 88.8 Å². The van der Waals surface area contributed by atoms with Gasteiger partial charge in [-0.1, -0.05) is 62.4 Å². The van der Waals surface area contributed by atoms with Gasteiger partial charge in [0, 0.05) is 21.9 Å². The average Bonchev–Trinajstić information content (AvgIpc) is 2.74. The summed E-state index contributed by atoms with van der Waals surface area (Å²) in [5.74, 6) is 0.183. The third-order valence-electron chi connectivity index (χ3n) is 4.22. The molecule has 1 atom stereocenters. The van der Waals surface area contributed by atoms with Gasteiger partial charge in [0.1, 0.15) is 5.75 Å².